The molecule has 9 nitrogen and oxygen atoms in total. The number of carbonyl (C=O) groups excluding carboxylic acids is 1. The maximum Gasteiger partial charge on any atom is 0.264 e. The summed E-state index contributed by atoms with van der Waals surface area (Å²) in [4.78, 5) is 13.1. The number of aryl methyl sites for hydroxylation is 3. The smallest absolute Gasteiger partial charge is 0.264 e. The highest BCUT2D eigenvalue weighted by Crippen LogP contribution is 2.31. The van der Waals surface area contributed by atoms with E-state index in [4.69, 9.17) is 4.74 Å². The number of sulfonamides is 2. The number of ether oxygens (including phenoxy) is 1. The lowest BCUT2D eigenvalue weighted by Gasteiger charge is -2.24. The molecule has 2 N–H and O–H groups in total. The summed E-state index contributed by atoms with van der Waals surface area (Å²) in [6, 6.07) is 22.0. The molecule has 4 rings (SSSR count). The largest absolute Gasteiger partial charge is 0.496 e. The molecule has 0 radical (unpaired) electrons. The van der Waals surface area contributed by atoms with E-state index < -0.39 is 32.5 Å². The number of halogens is 1. The van der Waals surface area contributed by atoms with Crippen molar-refractivity contribution in [2.75, 3.05) is 28.0 Å². The second-order valence-corrected chi connectivity index (χ2v) is 14.0. The number of nitrogens with one attached hydrogen (secondary N) is 2. The van der Waals surface area contributed by atoms with Gasteiger partial charge in [0.1, 0.15) is 12.3 Å². The second kappa shape index (κ2) is 12.6. The van der Waals surface area contributed by atoms with Gasteiger partial charge in [0.15, 0.2) is 0 Å². The molecule has 0 saturated carbocycles. The van der Waals surface area contributed by atoms with Crippen LogP contribution >= 0.6 is 15.9 Å². The van der Waals surface area contributed by atoms with E-state index in [-0.39, 0.29) is 9.79 Å². The quantitative estimate of drug-likeness (QED) is 0.213. The molecule has 0 bridgehead atoms. The van der Waals surface area contributed by atoms with Crippen LogP contribution in [0.5, 0.6) is 5.75 Å². The lowest BCUT2D eigenvalue weighted by Crippen LogP contribution is -2.38. The van der Waals surface area contributed by atoms with Gasteiger partial charge >= 0.3 is 0 Å². The molecule has 0 aliphatic heterocycles. The molecular weight excluding hydrogens is 642 g/mol. The molecule has 0 aliphatic rings. The van der Waals surface area contributed by atoms with Crippen molar-refractivity contribution in [3.63, 3.8) is 0 Å². The standard InChI is InChI=1S/C30H30BrN3O6S2/c1-20-5-11-25(12-6-20)34(42(38,39)27-15-16-29(40-4)28(31)18-27)19-30(35)32-23-9-13-26(14-10-23)41(36,37)33-24-8-7-21(2)22(3)17-24/h5-18,33H,19H2,1-4H3,(H,32,35). The van der Waals surface area contributed by atoms with Crippen LogP contribution in [0.1, 0.15) is 16.7 Å². The van der Waals surface area contributed by atoms with Crippen molar-refractivity contribution >= 4 is 58.9 Å². The Morgan fingerprint density at radius 3 is 2.00 bits per heavy atom. The highest BCUT2D eigenvalue weighted by atomic mass is 79.9. The minimum absolute atomic E-state index is 0.00710. The molecule has 0 atom stereocenters. The third kappa shape index (κ3) is 7.12. The molecule has 4 aromatic carbocycles. The molecule has 0 aromatic heterocycles. The Bertz CT molecular complexity index is 1830. The van der Waals surface area contributed by atoms with E-state index in [1.54, 1.807) is 36.4 Å². The SMILES string of the molecule is COc1ccc(S(=O)(=O)N(CC(=O)Nc2ccc(S(=O)(=O)Nc3ccc(C)c(C)c3)cc2)c2ccc(C)cc2)cc1Br. The van der Waals surface area contributed by atoms with E-state index in [0.717, 1.165) is 21.0 Å². The summed E-state index contributed by atoms with van der Waals surface area (Å²) in [6.45, 7) is 5.18. The first-order valence-electron chi connectivity index (χ1n) is 12.7. The zero-order valence-corrected chi connectivity index (χ0v) is 26.6. The number of nitrogens with zero attached hydrogens (tertiary/aromatic N) is 1. The average molecular weight is 673 g/mol. The number of anilines is 3. The molecular formula is C30H30BrN3O6S2. The van der Waals surface area contributed by atoms with E-state index in [1.807, 2.05) is 26.8 Å². The first-order chi connectivity index (χ1) is 19.8. The normalized spacial score (nSPS) is 11.5. The number of benzene rings is 4. The van der Waals surface area contributed by atoms with Crippen LogP contribution in [0.15, 0.2) is 99.2 Å². The van der Waals surface area contributed by atoms with Gasteiger partial charge in [0.25, 0.3) is 20.0 Å². The van der Waals surface area contributed by atoms with Crippen LogP contribution in [-0.2, 0) is 24.8 Å². The molecule has 4 aromatic rings. The predicted molar refractivity (Wildman–Crippen MR) is 168 cm³/mol. The fourth-order valence-electron chi connectivity index (χ4n) is 4.03. The molecule has 220 valence electrons. The van der Waals surface area contributed by atoms with Crippen molar-refractivity contribution in [2.24, 2.45) is 0 Å². The van der Waals surface area contributed by atoms with Crippen LogP contribution in [0.25, 0.3) is 0 Å². The highest BCUT2D eigenvalue weighted by molar-refractivity contribution is 9.10. The molecule has 0 unspecified atom stereocenters. The van der Waals surface area contributed by atoms with Crippen molar-refractivity contribution in [1.82, 2.24) is 0 Å². The molecule has 0 saturated heterocycles. The third-order valence-corrected chi connectivity index (χ3v) is 10.3. The number of methoxy groups -OCH3 is 1. The van der Waals surface area contributed by atoms with Crippen LogP contribution < -0.4 is 19.1 Å². The summed E-state index contributed by atoms with van der Waals surface area (Å²) in [5, 5.41) is 2.66. The predicted octanol–water partition coefficient (Wildman–Crippen LogP) is 6.02. The minimum Gasteiger partial charge on any atom is -0.496 e. The zero-order chi connectivity index (χ0) is 30.7. The molecule has 0 heterocycles. The number of amides is 1. The Kier molecular flexibility index (Phi) is 9.29. The van der Waals surface area contributed by atoms with E-state index in [2.05, 4.69) is 26.0 Å². The van der Waals surface area contributed by atoms with Crippen molar-refractivity contribution in [2.45, 2.75) is 30.6 Å². The highest BCUT2D eigenvalue weighted by Gasteiger charge is 2.28. The van der Waals surface area contributed by atoms with Crippen molar-refractivity contribution in [3.8, 4) is 5.75 Å². The summed E-state index contributed by atoms with van der Waals surface area (Å²) < 4.78 is 62.4. The second-order valence-electron chi connectivity index (χ2n) is 9.62. The van der Waals surface area contributed by atoms with Crippen molar-refractivity contribution in [3.05, 3.63) is 106 Å². The lowest BCUT2D eigenvalue weighted by molar-refractivity contribution is -0.114. The van der Waals surface area contributed by atoms with Crippen molar-refractivity contribution in [1.29, 1.82) is 0 Å². The van der Waals surface area contributed by atoms with Gasteiger partial charge in [0, 0.05) is 11.4 Å². The topological polar surface area (TPSA) is 122 Å². The maximum absolute atomic E-state index is 13.7. The van der Waals surface area contributed by atoms with E-state index in [0.29, 0.717) is 27.3 Å². The van der Waals surface area contributed by atoms with Gasteiger partial charge in [-0.25, -0.2) is 16.8 Å². The minimum atomic E-state index is -4.16. The number of hydrogen-bond donors (Lipinski definition) is 2. The summed E-state index contributed by atoms with van der Waals surface area (Å²) >= 11 is 3.32. The van der Waals surface area contributed by atoms with Gasteiger partial charge in [0.05, 0.1) is 27.1 Å². The maximum atomic E-state index is 13.7. The van der Waals surface area contributed by atoms with Crippen LogP contribution in [0.3, 0.4) is 0 Å². The molecule has 42 heavy (non-hydrogen) atoms. The van der Waals surface area contributed by atoms with Gasteiger partial charge < -0.3 is 10.1 Å². The molecule has 1 amide bonds. The lowest BCUT2D eigenvalue weighted by atomic mass is 10.1. The number of carbonyl (C=O) groups is 1. The van der Waals surface area contributed by atoms with Gasteiger partial charge in [-0.3, -0.25) is 13.8 Å². The van der Waals surface area contributed by atoms with Crippen LogP contribution in [0, 0.1) is 20.8 Å². The first kappa shape index (κ1) is 31.1. The van der Waals surface area contributed by atoms with Gasteiger partial charge in [-0.2, -0.15) is 0 Å². The van der Waals surface area contributed by atoms with Crippen LogP contribution in [-0.4, -0.2) is 36.4 Å². The fourth-order valence-corrected chi connectivity index (χ4v) is 7.22. The molecule has 12 heteroatoms. The fraction of sp³-hybridized carbons (Fsp3) is 0.167. The van der Waals surface area contributed by atoms with Crippen LogP contribution in [0.4, 0.5) is 17.1 Å². The molecule has 0 fully saturated rings. The Morgan fingerprint density at radius 2 is 1.40 bits per heavy atom. The monoisotopic (exact) mass is 671 g/mol. The molecule has 0 spiro atoms. The Morgan fingerprint density at radius 1 is 0.786 bits per heavy atom. The van der Waals surface area contributed by atoms with E-state index >= 15 is 0 Å². The van der Waals surface area contributed by atoms with Gasteiger partial charge in [-0.05, 0) is 115 Å². The molecule has 0 aliphatic carbocycles. The van der Waals surface area contributed by atoms with Gasteiger partial charge in [0.2, 0.25) is 5.91 Å². The Balaban J connectivity index is 1.54. The Labute approximate surface area is 254 Å². The van der Waals surface area contributed by atoms with Crippen LogP contribution in [0.2, 0.25) is 0 Å². The van der Waals surface area contributed by atoms with E-state index in [9.17, 15) is 21.6 Å². The van der Waals surface area contributed by atoms with Gasteiger partial charge in [-0.1, -0.05) is 23.8 Å². The summed E-state index contributed by atoms with van der Waals surface area (Å²) in [5.74, 6) is -0.154. The third-order valence-electron chi connectivity index (χ3n) is 6.53. The summed E-state index contributed by atoms with van der Waals surface area (Å²) in [7, 11) is -6.56. The van der Waals surface area contributed by atoms with E-state index in [1.165, 1.54) is 49.6 Å². The first-order valence-corrected chi connectivity index (χ1v) is 16.4. The summed E-state index contributed by atoms with van der Waals surface area (Å²) in [5.41, 5.74) is 3.98. The summed E-state index contributed by atoms with van der Waals surface area (Å²) in [6.07, 6.45) is 0. The number of hydrogen-bond acceptors (Lipinski definition) is 6. The zero-order valence-electron chi connectivity index (χ0n) is 23.4. The van der Waals surface area contributed by atoms with Crippen molar-refractivity contribution < 1.29 is 26.4 Å². The number of rotatable bonds is 10. The van der Waals surface area contributed by atoms with Gasteiger partial charge in [-0.15, -0.1) is 0 Å². The Hall–Kier alpha value is -3.87. The average Bonchev–Trinajstić information content (AvgIpc) is 2.94.